The van der Waals surface area contributed by atoms with Gasteiger partial charge in [-0.3, -0.25) is 9.69 Å². The van der Waals surface area contributed by atoms with E-state index in [1.807, 2.05) is 18.2 Å². The number of nitrogens with zero attached hydrogens (tertiary/aromatic N) is 1. The minimum atomic E-state index is -0.670. The fourth-order valence-electron chi connectivity index (χ4n) is 2.56. The van der Waals surface area contributed by atoms with Gasteiger partial charge < -0.3 is 5.11 Å². The van der Waals surface area contributed by atoms with Crippen molar-refractivity contribution >= 4 is 5.97 Å². The molecular formula is C14H19NO2. The lowest BCUT2D eigenvalue weighted by Gasteiger charge is -2.44. The molecule has 1 unspecified atom stereocenters. The zero-order valence-corrected chi connectivity index (χ0v) is 10.3. The average Bonchev–Trinajstić information content (AvgIpc) is 2.22. The fraction of sp³-hybridized carbons (Fsp3) is 0.500. The van der Waals surface area contributed by atoms with Crippen LogP contribution >= 0.6 is 0 Å². The van der Waals surface area contributed by atoms with Crippen LogP contribution in [0, 0.1) is 11.8 Å². The molecule has 3 heteroatoms. The number of carboxylic acids is 1. The molecule has 3 nitrogen and oxygen atoms in total. The van der Waals surface area contributed by atoms with E-state index < -0.39 is 5.97 Å². The Hall–Kier alpha value is -1.35. The van der Waals surface area contributed by atoms with Gasteiger partial charge in [-0.05, 0) is 11.5 Å². The molecule has 0 bridgehead atoms. The normalized spacial score (nSPS) is 19.0. The highest BCUT2D eigenvalue weighted by Crippen LogP contribution is 2.34. The summed E-state index contributed by atoms with van der Waals surface area (Å²) in [4.78, 5) is 13.1. The molecule has 0 saturated carbocycles. The van der Waals surface area contributed by atoms with Crippen molar-refractivity contribution in [2.45, 2.75) is 19.9 Å². The fourth-order valence-corrected chi connectivity index (χ4v) is 2.56. The van der Waals surface area contributed by atoms with Crippen LogP contribution in [0.3, 0.4) is 0 Å². The Kier molecular flexibility index (Phi) is 3.48. The van der Waals surface area contributed by atoms with Crippen molar-refractivity contribution in [1.82, 2.24) is 4.90 Å². The quantitative estimate of drug-likeness (QED) is 0.868. The predicted octanol–water partition coefficient (Wildman–Crippen LogP) is 2.40. The summed E-state index contributed by atoms with van der Waals surface area (Å²) in [5.41, 5.74) is 1.28. The molecule has 1 atom stereocenters. The number of likely N-dealkylation sites (tertiary alicyclic amines) is 1. The van der Waals surface area contributed by atoms with Crippen LogP contribution in [0.25, 0.3) is 0 Å². The molecule has 1 aromatic rings. The van der Waals surface area contributed by atoms with E-state index in [4.69, 9.17) is 5.11 Å². The summed E-state index contributed by atoms with van der Waals surface area (Å²) in [6, 6.07) is 10.7. The predicted molar refractivity (Wildman–Crippen MR) is 66.7 cm³/mol. The van der Waals surface area contributed by atoms with Gasteiger partial charge >= 0.3 is 5.97 Å². The second kappa shape index (κ2) is 4.88. The Morgan fingerprint density at radius 3 is 2.35 bits per heavy atom. The highest BCUT2D eigenvalue weighted by molar-refractivity contribution is 5.71. The zero-order valence-electron chi connectivity index (χ0n) is 10.3. The number of rotatable bonds is 4. The Bertz CT molecular complexity index is 382. The van der Waals surface area contributed by atoms with Gasteiger partial charge in [0.25, 0.3) is 0 Å². The van der Waals surface area contributed by atoms with Crippen LogP contribution in [-0.2, 0) is 4.79 Å². The van der Waals surface area contributed by atoms with Gasteiger partial charge in [-0.1, -0.05) is 44.2 Å². The third-order valence-corrected chi connectivity index (χ3v) is 3.42. The van der Waals surface area contributed by atoms with E-state index in [0.29, 0.717) is 25.0 Å². The van der Waals surface area contributed by atoms with Crippen molar-refractivity contribution in [3.05, 3.63) is 35.9 Å². The first-order valence-corrected chi connectivity index (χ1v) is 6.11. The number of carboxylic acid groups (broad SMARTS) is 1. The first-order chi connectivity index (χ1) is 8.09. The lowest BCUT2D eigenvalue weighted by Crippen LogP contribution is -2.52. The molecule has 0 aliphatic carbocycles. The molecule has 1 aliphatic heterocycles. The summed E-state index contributed by atoms with van der Waals surface area (Å²) >= 11 is 0. The van der Waals surface area contributed by atoms with E-state index in [2.05, 4.69) is 30.9 Å². The Labute approximate surface area is 102 Å². The SMILES string of the molecule is CC(C)C(c1ccccc1)N1CC(C(=O)O)C1. The number of aliphatic carboxylic acids is 1. The second-order valence-corrected chi connectivity index (χ2v) is 5.09. The summed E-state index contributed by atoms with van der Waals surface area (Å²) in [5.74, 6) is -0.357. The Morgan fingerprint density at radius 1 is 1.29 bits per heavy atom. The lowest BCUT2D eigenvalue weighted by atomic mass is 9.88. The molecule has 17 heavy (non-hydrogen) atoms. The van der Waals surface area contributed by atoms with E-state index >= 15 is 0 Å². The molecule has 0 aromatic heterocycles. The van der Waals surface area contributed by atoms with Crippen LogP contribution in [0.4, 0.5) is 0 Å². The minimum Gasteiger partial charge on any atom is -0.481 e. The third-order valence-electron chi connectivity index (χ3n) is 3.42. The van der Waals surface area contributed by atoms with Crippen LogP contribution in [0.5, 0.6) is 0 Å². The topological polar surface area (TPSA) is 40.5 Å². The van der Waals surface area contributed by atoms with Crippen LogP contribution < -0.4 is 0 Å². The van der Waals surface area contributed by atoms with Gasteiger partial charge in [0.1, 0.15) is 0 Å². The van der Waals surface area contributed by atoms with Crippen LogP contribution in [0.15, 0.2) is 30.3 Å². The summed E-state index contributed by atoms with van der Waals surface area (Å²) in [6.45, 7) is 5.72. The molecule has 1 aromatic carbocycles. The molecule has 1 heterocycles. The first-order valence-electron chi connectivity index (χ1n) is 6.11. The minimum absolute atomic E-state index is 0.181. The van der Waals surface area contributed by atoms with E-state index in [9.17, 15) is 4.79 Å². The molecule has 1 aliphatic rings. The van der Waals surface area contributed by atoms with E-state index in [1.54, 1.807) is 0 Å². The first kappa shape index (κ1) is 12.1. The summed E-state index contributed by atoms with van der Waals surface area (Å²) in [5, 5.41) is 8.92. The van der Waals surface area contributed by atoms with Gasteiger partial charge in [-0.15, -0.1) is 0 Å². The average molecular weight is 233 g/mol. The van der Waals surface area contributed by atoms with E-state index in [1.165, 1.54) is 5.56 Å². The Balaban J connectivity index is 2.08. The smallest absolute Gasteiger partial charge is 0.309 e. The van der Waals surface area contributed by atoms with Crippen molar-refractivity contribution in [2.24, 2.45) is 11.8 Å². The van der Waals surface area contributed by atoms with Crippen LogP contribution in [0.1, 0.15) is 25.5 Å². The lowest BCUT2D eigenvalue weighted by molar-refractivity contribution is -0.149. The largest absolute Gasteiger partial charge is 0.481 e. The van der Waals surface area contributed by atoms with Gasteiger partial charge in [-0.2, -0.15) is 0 Å². The van der Waals surface area contributed by atoms with Gasteiger partial charge in [-0.25, -0.2) is 0 Å². The molecule has 2 rings (SSSR count). The molecule has 92 valence electrons. The highest BCUT2D eigenvalue weighted by atomic mass is 16.4. The molecule has 1 saturated heterocycles. The molecule has 0 spiro atoms. The number of carbonyl (C=O) groups is 1. The maximum absolute atomic E-state index is 10.8. The molecule has 0 radical (unpaired) electrons. The van der Waals surface area contributed by atoms with Crippen molar-refractivity contribution in [3.63, 3.8) is 0 Å². The molecule has 1 fully saturated rings. The van der Waals surface area contributed by atoms with Crippen molar-refractivity contribution in [2.75, 3.05) is 13.1 Å². The Morgan fingerprint density at radius 2 is 1.88 bits per heavy atom. The van der Waals surface area contributed by atoms with Gasteiger partial charge in [0.15, 0.2) is 0 Å². The van der Waals surface area contributed by atoms with Crippen LogP contribution in [-0.4, -0.2) is 29.1 Å². The monoisotopic (exact) mass is 233 g/mol. The number of benzene rings is 1. The number of hydrogen-bond donors (Lipinski definition) is 1. The van der Waals surface area contributed by atoms with Gasteiger partial charge in [0.2, 0.25) is 0 Å². The maximum Gasteiger partial charge on any atom is 0.309 e. The molecular weight excluding hydrogens is 214 g/mol. The van der Waals surface area contributed by atoms with Crippen molar-refractivity contribution < 1.29 is 9.90 Å². The van der Waals surface area contributed by atoms with E-state index in [-0.39, 0.29) is 5.92 Å². The summed E-state index contributed by atoms with van der Waals surface area (Å²) < 4.78 is 0. The van der Waals surface area contributed by atoms with Crippen molar-refractivity contribution in [3.8, 4) is 0 Å². The number of hydrogen-bond acceptors (Lipinski definition) is 2. The molecule has 1 N–H and O–H groups in total. The second-order valence-electron chi connectivity index (χ2n) is 5.09. The summed E-state index contributed by atoms with van der Waals surface area (Å²) in [6.07, 6.45) is 0. The van der Waals surface area contributed by atoms with Gasteiger partial charge in [0, 0.05) is 19.1 Å². The van der Waals surface area contributed by atoms with E-state index in [0.717, 1.165) is 0 Å². The van der Waals surface area contributed by atoms with Gasteiger partial charge in [0.05, 0.1) is 5.92 Å². The molecule has 0 amide bonds. The zero-order chi connectivity index (χ0) is 12.4. The third kappa shape index (κ3) is 2.50. The highest BCUT2D eigenvalue weighted by Gasteiger charge is 2.38. The van der Waals surface area contributed by atoms with Crippen molar-refractivity contribution in [1.29, 1.82) is 0 Å². The maximum atomic E-state index is 10.8. The standard InChI is InChI=1S/C14H19NO2/c1-10(2)13(11-6-4-3-5-7-11)15-8-12(9-15)14(16)17/h3-7,10,12-13H,8-9H2,1-2H3,(H,16,17). The van der Waals surface area contributed by atoms with Crippen LogP contribution in [0.2, 0.25) is 0 Å². The summed E-state index contributed by atoms with van der Waals surface area (Å²) in [7, 11) is 0.